The molecule has 1 fully saturated rings. The molecule has 0 aromatic heterocycles. The summed E-state index contributed by atoms with van der Waals surface area (Å²) in [6.07, 6.45) is 3.09. The molecule has 1 aromatic carbocycles. The van der Waals surface area contributed by atoms with Gasteiger partial charge in [-0.1, -0.05) is 0 Å². The highest BCUT2D eigenvalue weighted by molar-refractivity contribution is 5.94. The average molecular weight is 264 g/mol. The van der Waals surface area contributed by atoms with Gasteiger partial charge in [-0.25, -0.2) is 4.39 Å². The standard InChI is InChI=1S/C14H17FN2O2/c1-19-10-5-9(6-10)16-13-7-12-8(4-11(13)15)2-3-14(18)17-12/h4,7,9-10,16H,2-3,5-6H2,1H3,(H,17,18). The number of anilines is 2. The van der Waals surface area contributed by atoms with E-state index in [2.05, 4.69) is 10.6 Å². The Labute approximate surface area is 111 Å². The van der Waals surface area contributed by atoms with E-state index in [1.165, 1.54) is 6.07 Å². The van der Waals surface area contributed by atoms with Gasteiger partial charge in [-0.3, -0.25) is 4.79 Å². The van der Waals surface area contributed by atoms with Crippen molar-refractivity contribution in [1.82, 2.24) is 0 Å². The summed E-state index contributed by atoms with van der Waals surface area (Å²) in [5, 5.41) is 5.96. The van der Waals surface area contributed by atoms with Gasteiger partial charge < -0.3 is 15.4 Å². The molecule has 0 spiro atoms. The zero-order chi connectivity index (χ0) is 13.4. The number of benzene rings is 1. The van der Waals surface area contributed by atoms with Crippen LogP contribution in [0.2, 0.25) is 0 Å². The van der Waals surface area contributed by atoms with Crippen molar-refractivity contribution in [3.63, 3.8) is 0 Å². The fraction of sp³-hybridized carbons (Fsp3) is 0.500. The van der Waals surface area contributed by atoms with Gasteiger partial charge >= 0.3 is 0 Å². The van der Waals surface area contributed by atoms with Crippen LogP contribution in [0.15, 0.2) is 12.1 Å². The summed E-state index contributed by atoms with van der Waals surface area (Å²) in [6.45, 7) is 0. The third-order valence-electron chi connectivity index (χ3n) is 3.88. The number of nitrogens with one attached hydrogen (secondary N) is 2. The van der Waals surface area contributed by atoms with Gasteiger partial charge in [0.1, 0.15) is 5.82 Å². The van der Waals surface area contributed by atoms with E-state index in [4.69, 9.17) is 4.74 Å². The van der Waals surface area contributed by atoms with Crippen molar-refractivity contribution < 1.29 is 13.9 Å². The first-order chi connectivity index (χ1) is 9.15. The molecule has 3 rings (SSSR count). The van der Waals surface area contributed by atoms with Gasteiger partial charge in [-0.15, -0.1) is 0 Å². The number of hydrogen-bond acceptors (Lipinski definition) is 3. The van der Waals surface area contributed by atoms with Crippen LogP contribution in [0.3, 0.4) is 0 Å². The molecule has 2 N–H and O–H groups in total. The number of ether oxygens (including phenoxy) is 1. The Morgan fingerprint density at radius 1 is 1.37 bits per heavy atom. The first kappa shape index (κ1) is 12.4. The molecule has 5 heteroatoms. The Hall–Kier alpha value is -1.62. The fourth-order valence-electron chi connectivity index (χ4n) is 2.61. The second-order valence-corrected chi connectivity index (χ2v) is 5.21. The van der Waals surface area contributed by atoms with Crippen molar-refractivity contribution >= 4 is 17.3 Å². The number of halogens is 1. The minimum absolute atomic E-state index is 0.00634. The number of carbonyl (C=O) groups is 1. The number of carbonyl (C=O) groups excluding carboxylic acids is 1. The predicted octanol–water partition coefficient (Wildman–Crippen LogP) is 2.30. The number of methoxy groups -OCH3 is 1. The molecular formula is C14H17FN2O2. The minimum Gasteiger partial charge on any atom is -0.381 e. The molecular weight excluding hydrogens is 247 g/mol. The van der Waals surface area contributed by atoms with Crippen LogP contribution in [0.4, 0.5) is 15.8 Å². The summed E-state index contributed by atoms with van der Waals surface area (Å²) in [5.41, 5.74) is 2.05. The third kappa shape index (κ3) is 2.42. The second kappa shape index (κ2) is 4.81. The highest BCUT2D eigenvalue weighted by atomic mass is 19.1. The summed E-state index contributed by atoms with van der Waals surface area (Å²) < 4.78 is 19.2. The van der Waals surface area contributed by atoms with Crippen LogP contribution in [0, 0.1) is 5.82 Å². The van der Waals surface area contributed by atoms with Crippen LogP contribution < -0.4 is 10.6 Å². The van der Waals surface area contributed by atoms with Gasteiger partial charge in [-0.05, 0) is 37.0 Å². The molecule has 0 radical (unpaired) electrons. The Bertz CT molecular complexity index is 512. The normalized spacial score (nSPS) is 25.3. The first-order valence-corrected chi connectivity index (χ1v) is 6.57. The van der Waals surface area contributed by atoms with Crippen molar-refractivity contribution in [2.45, 2.75) is 37.8 Å². The highest BCUT2D eigenvalue weighted by Crippen LogP contribution is 2.32. The molecule has 1 aliphatic heterocycles. The van der Waals surface area contributed by atoms with Gasteiger partial charge in [0.2, 0.25) is 5.91 Å². The predicted molar refractivity (Wildman–Crippen MR) is 70.8 cm³/mol. The van der Waals surface area contributed by atoms with Gasteiger partial charge in [0.05, 0.1) is 11.8 Å². The summed E-state index contributed by atoms with van der Waals surface area (Å²) in [4.78, 5) is 11.4. The van der Waals surface area contributed by atoms with Crippen molar-refractivity contribution in [2.75, 3.05) is 17.7 Å². The van der Waals surface area contributed by atoms with Gasteiger partial charge in [0.25, 0.3) is 0 Å². The number of amides is 1. The molecule has 1 aliphatic carbocycles. The smallest absolute Gasteiger partial charge is 0.224 e. The van der Waals surface area contributed by atoms with Gasteiger partial charge in [-0.2, -0.15) is 0 Å². The summed E-state index contributed by atoms with van der Waals surface area (Å²) >= 11 is 0. The largest absolute Gasteiger partial charge is 0.381 e. The van der Waals surface area contributed by atoms with Crippen LogP contribution in [0.5, 0.6) is 0 Å². The monoisotopic (exact) mass is 264 g/mol. The molecule has 1 amide bonds. The molecule has 0 saturated heterocycles. The van der Waals surface area contributed by atoms with Crippen molar-refractivity contribution in [2.24, 2.45) is 0 Å². The van der Waals surface area contributed by atoms with Crippen LogP contribution in [0.1, 0.15) is 24.8 Å². The number of hydrogen-bond donors (Lipinski definition) is 2. The maximum atomic E-state index is 14.0. The van der Waals surface area contributed by atoms with E-state index in [0.29, 0.717) is 18.5 Å². The molecule has 4 nitrogen and oxygen atoms in total. The Morgan fingerprint density at radius 2 is 2.16 bits per heavy atom. The lowest BCUT2D eigenvalue weighted by Gasteiger charge is -2.35. The Morgan fingerprint density at radius 3 is 2.89 bits per heavy atom. The van der Waals surface area contributed by atoms with E-state index in [0.717, 1.165) is 24.1 Å². The lowest BCUT2D eigenvalue weighted by Crippen LogP contribution is -2.40. The van der Waals surface area contributed by atoms with Crippen LogP contribution in [0.25, 0.3) is 0 Å². The van der Waals surface area contributed by atoms with E-state index in [-0.39, 0.29) is 23.9 Å². The quantitative estimate of drug-likeness (QED) is 0.880. The van der Waals surface area contributed by atoms with E-state index in [9.17, 15) is 9.18 Å². The Balaban J connectivity index is 1.75. The van der Waals surface area contributed by atoms with Crippen LogP contribution in [-0.4, -0.2) is 25.2 Å². The molecule has 0 atom stereocenters. The maximum absolute atomic E-state index is 14.0. The number of rotatable bonds is 3. The molecule has 19 heavy (non-hydrogen) atoms. The van der Waals surface area contributed by atoms with Crippen molar-refractivity contribution in [3.05, 3.63) is 23.5 Å². The molecule has 1 aromatic rings. The second-order valence-electron chi connectivity index (χ2n) is 5.21. The third-order valence-corrected chi connectivity index (χ3v) is 3.88. The van der Waals surface area contributed by atoms with E-state index in [1.807, 2.05) is 0 Å². The SMILES string of the molecule is COC1CC(Nc2cc3c(cc2F)CCC(=O)N3)C1. The molecule has 0 bridgehead atoms. The van der Waals surface area contributed by atoms with Crippen molar-refractivity contribution in [1.29, 1.82) is 0 Å². The maximum Gasteiger partial charge on any atom is 0.224 e. The van der Waals surface area contributed by atoms with E-state index < -0.39 is 0 Å². The Kier molecular flexibility index (Phi) is 3.14. The van der Waals surface area contributed by atoms with Crippen LogP contribution >= 0.6 is 0 Å². The minimum atomic E-state index is -0.254. The topological polar surface area (TPSA) is 50.4 Å². The molecule has 0 unspecified atom stereocenters. The number of aryl methyl sites for hydroxylation is 1. The van der Waals surface area contributed by atoms with Crippen molar-refractivity contribution in [3.8, 4) is 0 Å². The molecule has 1 heterocycles. The summed E-state index contributed by atoms with van der Waals surface area (Å²) in [6, 6.07) is 3.46. The lowest BCUT2D eigenvalue weighted by atomic mass is 9.89. The fourth-order valence-corrected chi connectivity index (χ4v) is 2.61. The van der Waals surface area contributed by atoms with Gasteiger partial charge in [0, 0.05) is 25.3 Å². The molecule has 1 saturated carbocycles. The first-order valence-electron chi connectivity index (χ1n) is 6.57. The van der Waals surface area contributed by atoms with Gasteiger partial charge in [0.15, 0.2) is 0 Å². The number of fused-ring (bicyclic) bond motifs is 1. The molecule has 2 aliphatic rings. The van der Waals surface area contributed by atoms with E-state index in [1.54, 1.807) is 13.2 Å². The average Bonchev–Trinajstić information content (AvgIpc) is 2.34. The summed E-state index contributed by atoms with van der Waals surface area (Å²) in [7, 11) is 1.69. The summed E-state index contributed by atoms with van der Waals surface area (Å²) in [5.74, 6) is -0.260. The zero-order valence-electron chi connectivity index (χ0n) is 10.8. The van der Waals surface area contributed by atoms with Crippen LogP contribution in [-0.2, 0) is 16.0 Å². The zero-order valence-corrected chi connectivity index (χ0v) is 10.8. The lowest BCUT2D eigenvalue weighted by molar-refractivity contribution is -0.116. The molecule has 102 valence electrons. The highest BCUT2D eigenvalue weighted by Gasteiger charge is 2.29. The van der Waals surface area contributed by atoms with E-state index >= 15 is 0 Å².